The van der Waals surface area contributed by atoms with Crippen molar-refractivity contribution >= 4 is 34.1 Å². The predicted molar refractivity (Wildman–Crippen MR) is 124 cm³/mol. The van der Waals surface area contributed by atoms with Crippen LogP contribution < -0.4 is 10.6 Å². The Morgan fingerprint density at radius 2 is 1.91 bits per heavy atom. The summed E-state index contributed by atoms with van der Waals surface area (Å²) in [5.74, 6) is 3.46. The Balaban J connectivity index is 1.52. The van der Waals surface area contributed by atoms with Gasteiger partial charge in [-0.25, -0.2) is 17.6 Å². The molecule has 2 N–H and O–H groups in total. The van der Waals surface area contributed by atoms with Gasteiger partial charge in [0, 0.05) is 24.7 Å². The molecule has 0 bridgehead atoms. The molecule has 2 aliphatic rings. The number of anilines is 3. The molecule has 3 heterocycles. The minimum Gasteiger partial charge on any atom is -0.368 e. The van der Waals surface area contributed by atoms with Crippen molar-refractivity contribution in [2.45, 2.75) is 38.5 Å². The summed E-state index contributed by atoms with van der Waals surface area (Å²) >= 11 is 0. The second-order valence-electron chi connectivity index (χ2n) is 9.04. The fourth-order valence-electron chi connectivity index (χ4n) is 4.81. The quantitative estimate of drug-likeness (QED) is 0.431. The van der Waals surface area contributed by atoms with E-state index >= 15 is 4.39 Å². The minimum absolute atomic E-state index is 0.128. The summed E-state index contributed by atoms with van der Waals surface area (Å²) < 4.78 is 44.7. The summed E-state index contributed by atoms with van der Waals surface area (Å²) in [7, 11) is 0. The van der Waals surface area contributed by atoms with Crippen LogP contribution >= 0.6 is 0 Å². The normalized spacial score (nSPS) is 16.9. The lowest BCUT2D eigenvalue weighted by molar-refractivity contribution is -0.0294. The van der Waals surface area contributed by atoms with Crippen LogP contribution in [-0.2, 0) is 6.42 Å². The van der Waals surface area contributed by atoms with Crippen LogP contribution in [0.5, 0.6) is 0 Å². The second kappa shape index (κ2) is 7.10. The van der Waals surface area contributed by atoms with Crippen molar-refractivity contribution in [1.29, 1.82) is 0 Å². The largest absolute Gasteiger partial charge is 0.368 e. The van der Waals surface area contributed by atoms with Crippen LogP contribution in [-0.4, -0.2) is 32.0 Å². The summed E-state index contributed by atoms with van der Waals surface area (Å²) in [6, 6.07) is 10.4. The van der Waals surface area contributed by atoms with E-state index in [-0.39, 0.29) is 11.7 Å². The van der Waals surface area contributed by atoms with Gasteiger partial charge in [0.2, 0.25) is 5.95 Å². The van der Waals surface area contributed by atoms with Crippen LogP contribution in [0.3, 0.4) is 0 Å². The van der Waals surface area contributed by atoms with E-state index in [4.69, 9.17) is 5.73 Å². The van der Waals surface area contributed by atoms with Crippen molar-refractivity contribution in [3.63, 3.8) is 0 Å². The van der Waals surface area contributed by atoms with Gasteiger partial charge in [-0.2, -0.15) is 4.98 Å². The molecule has 172 valence electrons. The maximum atomic E-state index is 15.1. The highest BCUT2D eigenvalue weighted by atomic mass is 19.3. The average molecular weight is 462 g/mol. The molecule has 2 aromatic carbocycles. The third kappa shape index (κ3) is 3.01. The summed E-state index contributed by atoms with van der Waals surface area (Å²) in [5.41, 5.74) is 7.75. The number of halogens is 3. The van der Waals surface area contributed by atoms with Crippen LogP contribution in [0, 0.1) is 23.1 Å². The van der Waals surface area contributed by atoms with E-state index in [1.54, 1.807) is 12.1 Å². The fourth-order valence-corrected chi connectivity index (χ4v) is 4.81. The van der Waals surface area contributed by atoms with E-state index in [0.717, 1.165) is 36.6 Å². The number of nitrogens with zero attached hydrogens (tertiary/aromatic N) is 5. The molecular weight excluding hydrogens is 441 g/mol. The lowest BCUT2D eigenvalue weighted by atomic mass is 9.94. The first kappa shape index (κ1) is 20.8. The van der Waals surface area contributed by atoms with Crippen molar-refractivity contribution in [2.75, 3.05) is 17.2 Å². The zero-order chi connectivity index (χ0) is 23.7. The summed E-state index contributed by atoms with van der Waals surface area (Å²) in [5, 5.41) is 8.26. The standard InChI is InChI=1S/C25H21F3N6/c1-24(27,28)25(12-13-25)11-10-15-5-2-8-18-16(15)6-4-14-33(18)21-20-17(26)7-3-9-19(20)34-22(29)31-32-23(34)30-21/h2-3,5,7-9H,4,6,12-14H2,1H3,(H2,29,31). The maximum Gasteiger partial charge on any atom is 0.261 e. The van der Waals surface area contributed by atoms with Gasteiger partial charge in [-0.15, -0.1) is 10.2 Å². The van der Waals surface area contributed by atoms with Crippen LogP contribution in [0.15, 0.2) is 36.4 Å². The van der Waals surface area contributed by atoms with Gasteiger partial charge in [-0.3, -0.25) is 0 Å². The molecule has 0 unspecified atom stereocenters. The maximum absolute atomic E-state index is 15.1. The number of hydrogen-bond acceptors (Lipinski definition) is 5. The Bertz CT molecular complexity index is 1520. The van der Waals surface area contributed by atoms with Gasteiger partial charge in [0.05, 0.1) is 16.3 Å². The zero-order valence-corrected chi connectivity index (χ0v) is 18.4. The van der Waals surface area contributed by atoms with Crippen LogP contribution in [0.1, 0.15) is 37.3 Å². The summed E-state index contributed by atoms with van der Waals surface area (Å²) in [6.07, 6.45) is 2.33. The van der Waals surface area contributed by atoms with Gasteiger partial charge in [0.1, 0.15) is 11.6 Å². The van der Waals surface area contributed by atoms with Crippen LogP contribution in [0.2, 0.25) is 0 Å². The summed E-state index contributed by atoms with van der Waals surface area (Å²) in [6.45, 7) is 1.55. The first-order valence-electron chi connectivity index (χ1n) is 11.2. The molecule has 0 radical (unpaired) electrons. The number of rotatable bonds is 2. The Hall–Kier alpha value is -3.80. The minimum atomic E-state index is -2.84. The van der Waals surface area contributed by atoms with Gasteiger partial charge < -0.3 is 10.6 Å². The topological polar surface area (TPSA) is 72.3 Å². The van der Waals surface area contributed by atoms with Gasteiger partial charge in [0.25, 0.3) is 11.7 Å². The average Bonchev–Trinajstić information content (AvgIpc) is 3.53. The van der Waals surface area contributed by atoms with E-state index in [9.17, 15) is 8.78 Å². The molecule has 34 heavy (non-hydrogen) atoms. The number of benzene rings is 2. The van der Waals surface area contributed by atoms with Gasteiger partial charge in [0.15, 0.2) is 0 Å². The predicted octanol–water partition coefficient (Wildman–Crippen LogP) is 4.87. The van der Waals surface area contributed by atoms with Crippen LogP contribution in [0.25, 0.3) is 16.7 Å². The highest BCUT2D eigenvalue weighted by Gasteiger charge is 2.58. The molecule has 0 saturated heterocycles. The number of alkyl halides is 2. The monoisotopic (exact) mass is 462 g/mol. The number of aromatic nitrogens is 4. The summed E-state index contributed by atoms with van der Waals surface area (Å²) in [4.78, 5) is 6.57. The van der Waals surface area contributed by atoms with E-state index in [0.29, 0.717) is 36.1 Å². The Morgan fingerprint density at radius 1 is 1.12 bits per heavy atom. The number of nitrogen functional groups attached to an aromatic ring is 1. The Morgan fingerprint density at radius 3 is 2.68 bits per heavy atom. The first-order chi connectivity index (χ1) is 16.3. The van der Waals surface area contributed by atoms with E-state index < -0.39 is 17.2 Å². The molecule has 1 aliphatic heterocycles. The second-order valence-corrected chi connectivity index (χ2v) is 9.04. The SMILES string of the molecule is CC(F)(F)C1(C#Cc2cccc3c2CCCN3c2nc3nnc(N)n3c3cccc(F)c23)CC1. The first-order valence-corrected chi connectivity index (χ1v) is 11.2. The molecular formula is C25H21F3N6. The molecule has 2 aromatic heterocycles. The Kier molecular flexibility index (Phi) is 4.34. The fraction of sp³-hybridized carbons (Fsp3) is 0.320. The van der Waals surface area contributed by atoms with E-state index in [1.807, 2.05) is 23.1 Å². The molecule has 6 rings (SSSR count). The smallest absolute Gasteiger partial charge is 0.261 e. The molecule has 1 aliphatic carbocycles. The van der Waals surface area contributed by atoms with Crippen molar-refractivity contribution < 1.29 is 13.2 Å². The van der Waals surface area contributed by atoms with Crippen molar-refractivity contribution in [3.05, 3.63) is 53.3 Å². The molecule has 1 saturated carbocycles. The molecule has 0 amide bonds. The third-order valence-electron chi connectivity index (χ3n) is 6.87. The number of fused-ring (bicyclic) bond motifs is 4. The van der Waals surface area contributed by atoms with Gasteiger partial charge in [-0.1, -0.05) is 24.0 Å². The van der Waals surface area contributed by atoms with Crippen molar-refractivity contribution in [1.82, 2.24) is 19.6 Å². The van der Waals surface area contributed by atoms with E-state index in [2.05, 4.69) is 27.0 Å². The van der Waals surface area contributed by atoms with Gasteiger partial charge >= 0.3 is 0 Å². The molecule has 6 nitrogen and oxygen atoms in total. The lowest BCUT2D eigenvalue weighted by Gasteiger charge is -2.32. The number of nitrogens with two attached hydrogens (primary N) is 1. The van der Waals surface area contributed by atoms with E-state index in [1.165, 1.54) is 10.5 Å². The molecule has 9 heteroatoms. The highest BCUT2D eigenvalue weighted by Crippen LogP contribution is 2.56. The third-order valence-corrected chi connectivity index (χ3v) is 6.87. The Labute approximate surface area is 193 Å². The van der Waals surface area contributed by atoms with Crippen LogP contribution in [0.4, 0.5) is 30.6 Å². The highest BCUT2D eigenvalue weighted by molar-refractivity contribution is 5.95. The molecule has 0 spiro atoms. The molecule has 0 atom stereocenters. The van der Waals surface area contributed by atoms with Gasteiger partial charge in [-0.05, 0) is 55.5 Å². The molecule has 4 aromatic rings. The van der Waals surface area contributed by atoms with Crippen molar-refractivity contribution in [3.8, 4) is 11.8 Å². The van der Waals surface area contributed by atoms with Crippen molar-refractivity contribution in [2.24, 2.45) is 5.41 Å². The molecule has 1 fully saturated rings. The lowest BCUT2D eigenvalue weighted by Crippen LogP contribution is -2.27. The zero-order valence-electron chi connectivity index (χ0n) is 18.4. The number of hydrogen-bond donors (Lipinski definition) is 1.